The first kappa shape index (κ1) is 14.6. The predicted molar refractivity (Wildman–Crippen MR) is 81.3 cm³/mol. The van der Waals surface area contributed by atoms with Gasteiger partial charge in [0.25, 0.3) is 0 Å². The van der Waals surface area contributed by atoms with E-state index in [0.717, 1.165) is 19.3 Å². The molecule has 0 radical (unpaired) electrons. The number of ether oxygens (including phenoxy) is 2. The normalized spacial score (nSPS) is 31.4. The van der Waals surface area contributed by atoms with Crippen LogP contribution in [0.1, 0.15) is 56.1 Å². The number of carbonyl (C=O) groups excluding carboxylic acids is 1. The molecule has 1 aromatic rings. The van der Waals surface area contributed by atoms with Crippen LogP contribution in [0.15, 0.2) is 24.3 Å². The Morgan fingerprint density at radius 1 is 1.24 bits per heavy atom. The van der Waals surface area contributed by atoms with Gasteiger partial charge in [-0.15, -0.1) is 0 Å². The largest absolute Gasteiger partial charge is 0.469 e. The quantitative estimate of drug-likeness (QED) is 0.797. The van der Waals surface area contributed by atoms with Crippen molar-refractivity contribution in [3.05, 3.63) is 35.4 Å². The Labute approximate surface area is 126 Å². The van der Waals surface area contributed by atoms with Gasteiger partial charge in [-0.2, -0.15) is 0 Å². The van der Waals surface area contributed by atoms with E-state index in [-0.39, 0.29) is 23.9 Å². The zero-order valence-corrected chi connectivity index (χ0v) is 13.0. The van der Waals surface area contributed by atoms with Crippen LogP contribution in [0.25, 0.3) is 0 Å². The Kier molecular flexibility index (Phi) is 4.03. The Hall–Kier alpha value is -1.35. The van der Waals surface area contributed by atoms with E-state index in [1.807, 2.05) is 0 Å². The molecular weight excluding hydrogens is 264 g/mol. The maximum Gasteiger partial charge on any atom is 0.311 e. The third kappa shape index (κ3) is 2.71. The van der Waals surface area contributed by atoms with E-state index in [1.54, 1.807) is 0 Å². The lowest BCUT2D eigenvalue weighted by Gasteiger charge is -2.35. The Morgan fingerprint density at radius 3 is 2.57 bits per heavy atom. The van der Waals surface area contributed by atoms with Gasteiger partial charge >= 0.3 is 5.97 Å². The summed E-state index contributed by atoms with van der Waals surface area (Å²) >= 11 is 0. The van der Waals surface area contributed by atoms with Crippen molar-refractivity contribution in [3.8, 4) is 0 Å². The number of rotatable bonds is 3. The van der Waals surface area contributed by atoms with Gasteiger partial charge in [0.05, 0.1) is 25.2 Å². The number of hydrogen-bond donors (Lipinski definition) is 0. The number of fused-ring (bicyclic) bond motifs is 2. The van der Waals surface area contributed by atoms with Crippen LogP contribution in [0.4, 0.5) is 0 Å². The van der Waals surface area contributed by atoms with Crippen LogP contribution in [-0.2, 0) is 14.3 Å². The summed E-state index contributed by atoms with van der Waals surface area (Å²) < 4.78 is 11.0. The van der Waals surface area contributed by atoms with Gasteiger partial charge < -0.3 is 9.47 Å². The molecule has 4 atom stereocenters. The summed E-state index contributed by atoms with van der Waals surface area (Å²) in [6, 6.07) is 8.73. The van der Waals surface area contributed by atoms with Gasteiger partial charge in [-0.1, -0.05) is 38.1 Å². The van der Waals surface area contributed by atoms with Crippen LogP contribution in [-0.4, -0.2) is 25.3 Å². The highest BCUT2D eigenvalue weighted by Crippen LogP contribution is 2.45. The smallest absolute Gasteiger partial charge is 0.311 e. The maximum absolute atomic E-state index is 12.2. The van der Waals surface area contributed by atoms with Crippen LogP contribution in [0, 0.1) is 5.92 Å². The summed E-state index contributed by atoms with van der Waals surface area (Å²) in [5.41, 5.74) is 2.58. The van der Waals surface area contributed by atoms with Crippen molar-refractivity contribution in [2.75, 3.05) is 7.11 Å². The third-order valence-corrected chi connectivity index (χ3v) is 5.00. The molecule has 1 aromatic carbocycles. The molecule has 0 N–H and O–H groups in total. The molecule has 3 rings (SSSR count). The van der Waals surface area contributed by atoms with Crippen LogP contribution in [0.5, 0.6) is 0 Å². The number of carbonyl (C=O) groups is 1. The second-order valence-corrected chi connectivity index (χ2v) is 6.59. The zero-order valence-electron chi connectivity index (χ0n) is 13.0. The molecule has 21 heavy (non-hydrogen) atoms. The topological polar surface area (TPSA) is 35.5 Å². The minimum atomic E-state index is -0.154. The summed E-state index contributed by atoms with van der Waals surface area (Å²) in [6.45, 7) is 4.39. The molecular formula is C18H24O3. The number of benzene rings is 1. The lowest BCUT2D eigenvalue weighted by atomic mass is 9.78. The maximum atomic E-state index is 12.2. The van der Waals surface area contributed by atoms with Gasteiger partial charge in [-0.05, 0) is 36.3 Å². The molecule has 2 aliphatic heterocycles. The predicted octanol–water partition coefficient (Wildman–Crippen LogP) is 3.63. The number of hydrogen-bond acceptors (Lipinski definition) is 3. The van der Waals surface area contributed by atoms with Gasteiger partial charge in [0.1, 0.15) is 0 Å². The van der Waals surface area contributed by atoms with Gasteiger partial charge in [0, 0.05) is 5.92 Å². The first-order chi connectivity index (χ1) is 10.1. The number of esters is 1. The van der Waals surface area contributed by atoms with E-state index in [4.69, 9.17) is 9.47 Å². The van der Waals surface area contributed by atoms with E-state index < -0.39 is 0 Å². The van der Waals surface area contributed by atoms with Crippen LogP contribution >= 0.6 is 0 Å². The summed E-state index contributed by atoms with van der Waals surface area (Å²) in [5, 5.41) is 0. The second-order valence-electron chi connectivity index (χ2n) is 6.59. The monoisotopic (exact) mass is 288 g/mol. The molecule has 0 aromatic heterocycles. The average Bonchev–Trinajstić information content (AvgIpc) is 2.88. The molecule has 0 spiro atoms. The van der Waals surface area contributed by atoms with Crippen LogP contribution in [0.2, 0.25) is 0 Å². The van der Waals surface area contributed by atoms with E-state index in [0.29, 0.717) is 12.0 Å². The molecule has 0 amide bonds. The molecule has 0 saturated carbocycles. The Morgan fingerprint density at radius 2 is 1.95 bits per heavy atom. The van der Waals surface area contributed by atoms with Gasteiger partial charge in [-0.25, -0.2) is 0 Å². The molecule has 3 nitrogen and oxygen atoms in total. The molecule has 114 valence electrons. The summed E-state index contributed by atoms with van der Waals surface area (Å²) in [6.07, 6.45) is 3.32. The first-order valence-corrected chi connectivity index (χ1v) is 7.93. The van der Waals surface area contributed by atoms with Gasteiger partial charge in [0.2, 0.25) is 0 Å². The summed E-state index contributed by atoms with van der Waals surface area (Å²) in [5.74, 6) is 0.475. The SMILES string of the molecule is COC(=O)[C@@H]1[C@@H]2CCC(C[C@@H]1c1ccc(C(C)C)cc1)O2. The fraction of sp³-hybridized carbons (Fsp3) is 0.611. The van der Waals surface area contributed by atoms with Crippen LogP contribution < -0.4 is 0 Å². The minimum Gasteiger partial charge on any atom is -0.469 e. The van der Waals surface area contributed by atoms with Crippen LogP contribution in [0.3, 0.4) is 0 Å². The second kappa shape index (κ2) is 5.80. The Bertz CT molecular complexity index is 506. The molecule has 1 unspecified atom stereocenters. The molecule has 2 heterocycles. The van der Waals surface area contributed by atoms with Crippen molar-refractivity contribution < 1.29 is 14.3 Å². The van der Waals surface area contributed by atoms with E-state index in [9.17, 15) is 4.79 Å². The van der Waals surface area contributed by atoms with Crippen molar-refractivity contribution in [2.45, 2.75) is 57.2 Å². The van der Waals surface area contributed by atoms with E-state index in [1.165, 1.54) is 18.2 Å². The fourth-order valence-electron chi connectivity index (χ4n) is 3.78. The summed E-state index contributed by atoms with van der Waals surface area (Å²) in [7, 11) is 1.47. The highest BCUT2D eigenvalue weighted by atomic mass is 16.5. The average molecular weight is 288 g/mol. The highest BCUT2D eigenvalue weighted by Gasteiger charge is 2.47. The van der Waals surface area contributed by atoms with E-state index in [2.05, 4.69) is 38.1 Å². The molecule has 2 bridgehead atoms. The van der Waals surface area contributed by atoms with Gasteiger partial charge in [0.15, 0.2) is 0 Å². The lowest BCUT2D eigenvalue weighted by molar-refractivity contribution is -0.156. The zero-order chi connectivity index (χ0) is 15.0. The standard InChI is InChI=1S/C18H24O3/c1-11(2)12-4-6-13(7-5-12)15-10-14-8-9-16(21-14)17(15)18(19)20-3/h4-7,11,14-17H,8-10H2,1-3H3/t14?,15-,16+,17+/m1/s1. The first-order valence-electron chi connectivity index (χ1n) is 7.93. The molecule has 2 saturated heterocycles. The van der Waals surface area contributed by atoms with Gasteiger partial charge in [-0.3, -0.25) is 4.79 Å². The molecule has 2 fully saturated rings. The minimum absolute atomic E-state index is 0.0333. The van der Waals surface area contributed by atoms with E-state index >= 15 is 0 Å². The fourth-order valence-corrected chi connectivity index (χ4v) is 3.78. The van der Waals surface area contributed by atoms with Crippen molar-refractivity contribution in [3.63, 3.8) is 0 Å². The molecule has 3 heteroatoms. The van der Waals surface area contributed by atoms with Crippen molar-refractivity contribution in [2.24, 2.45) is 5.92 Å². The van der Waals surface area contributed by atoms with Crippen molar-refractivity contribution in [1.82, 2.24) is 0 Å². The highest BCUT2D eigenvalue weighted by molar-refractivity contribution is 5.74. The number of methoxy groups -OCH3 is 1. The third-order valence-electron chi connectivity index (χ3n) is 5.00. The summed E-state index contributed by atoms with van der Waals surface area (Å²) in [4.78, 5) is 12.2. The van der Waals surface area contributed by atoms with Crippen molar-refractivity contribution >= 4 is 5.97 Å². The lowest BCUT2D eigenvalue weighted by Crippen LogP contribution is -2.39. The molecule has 0 aliphatic carbocycles. The molecule has 2 aliphatic rings. The van der Waals surface area contributed by atoms with Crippen molar-refractivity contribution in [1.29, 1.82) is 0 Å². The Balaban J connectivity index is 1.89.